The van der Waals surface area contributed by atoms with Crippen LogP contribution in [0.2, 0.25) is 0 Å². The van der Waals surface area contributed by atoms with Gasteiger partial charge in [-0.05, 0) is 43.4 Å². The molecule has 2 atom stereocenters. The van der Waals surface area contributed by atoms with Crippen LogP contribution < -0.4 is 21.7 Å². The van der Waals surface area contributed by atoms with Crippen molar-refractivity contribution in [1.29, 1.82) is 0 Å². The van der Waals surface area contributed by atoms with Crippen LogP contribution in [-0.2, 0) is 16.1 Å². The number of nitrogens with zero attached hydrogens (tertiary/aromatic N) is 3. The first-order valence-electron chi connectivity index (χ1n) is 10.5. The van der Waals surface area contributed by atoms with Crippen molar-refractivity contribution in [3.8, 4) is 0 Å². The summed E-state index contributed by atoms with van der Waals surface area (Å²) in [6.45, 7) is -0.0916. The molecule has 33 heavy (non-hydrogen) atoms. The van der Waals surface area contributed by atoms with Gasteiger partial charge in [0.25, 0.3) is 5.91 Å². The van der Waals surface area contributed by atoms with Gasteiger partial charge in [-0.1, -0.05) is 0 Å². The van der Waals surface area contributed by atoms with Gasteiger partial charge in [-0.2, -0.15) is 5.10 Å². The highest BCUT2D eigenvalue weighted by molar-refractivity contribution is 6.06. The minimum atomic E-state index is -0.745. The Morgan fingerprint density at radius 1 is 1.24 bits per heavy atom. The number of nitrogens with one attached hydrogen (secondary N) is 4. The van der Waals surface area contributed by atoms with Crippen molar-refractivity contribution >= 4 is 46.5 Å². The number of urea groups is 1. The zero-order valence-corrected chi connectivity index (χ0v) is 17.7. The molecule has 1 saturated carbocycles. The van der Waals surface area contributed by atoms with E-state index in [1.54, 1.807) is 18.2 Å². The molecule has 1 aliphatic carbocycles. The predicted octanol–water partition coefficient (Wildman–Crippen LogP) is 1.38. The molecule has 4 rings (SSSR count). The summed E-state index contributed by atoms with van der Waals surface area (Å²) in [6.07, 6.45) is 6.82. The normalized spacial score (nSPS) is 17.6. The molecule has 4 amide bonds. The van der Waals surface area contributed by atoms with E-state index in [2.05, 4.69) is 31.0 Å². The molecule has 2 heterocycles. The van der Waals surface area contributed by atoms with Gasteiger partial charge in [0.2, 0.25) is 5.91 Å². The predicted molar refractivity (Wildman–Crippen MR) is 119 cm³/mol. The second-order valence-electron chi connectivity index (χ2n) is 7.99. The zero-order valence-electron chi connectivity index (χ0n) is 17.7. The minimum Gasteiger partial charge on any atom is -0.364 e. The number of aldehydes is 1. The highest BCUT2D eigenvalue weighted by atomic mass is 16.2. The Bertz CT molecular complexity index is 1190. The van der Waals surface area contributed by atoms with Crippen molar-refractivity contribution in [3.63, 3.8) is 0 Å². The zero-order chi connectivity index (χ0) is 23.4. The summed E-state index contributed by atoms with van der Waals surface area (Å²) in [6, 6.07) is 4.38. The molecule has 0 radical (unpaired) electrons. The third-order valence-corrected chi connectivity index (χ3v) is 5.62. The molecule has 1 aromatic carbocycles. The maximum absolute atomic E-state index is 12.6. The monoisotopic (exact) mass is 452 g/mol. The second kappa shape index (κ2) is 9.51. The van der Waals surface area contributed by atoms with Crippen molar-refractivity contribution in [2.24, 2.45) is 11.7 Å². The molecule has 1 fully saturated rings. The molecule has 3 aromatic rings. The molecular formula is C21H24N8O4. The number of fused-ring (bicyclic) bond motifs is 1. The van der Waals surface area contributed by atoms with Gasteiger partial charge < -0.3 is 26.1 Å². The fourth-order valence-corrected chi connectivity index (χ4v) is 4.13. The van der Waals surface area contributed by atoms with E-state index in [9.17, 15) is 19.2 Å². The lowest BCUT2D eigenvalue weighted by Crippen LogP contribution is -2.35. The number of benzene rings is 1. The van der Waals surface area contributed by atoms with E-state index < -0.39 is 11.9 Å². The first kappa shape index (κ1) is 22.0. The Morgan fingerprint density at radius 2 is 2.09 bits per heavy atom. The van der Waals surface area contributed by atoms with Crippen LogP contribution in [0.3, 0.4) is 0 Å². The highest BCUT2D eigenvalue weighted by Gasteiger charge is 2.26. The number of amides is 4. The number of rotatable bonds is 8. The average molecular weight is 452 g/mol. The van der Waals surface area contributed by atoms with Gasteiger partial charge in [0.05, 0.1) is 18.0 Å². The minimum absolute atomic E-state index is 0.00217. The molecule has 0 aliphatic heterocycles. The third kappa shape index (κ3) is 5.17. The number of carbonyl (C=O) groups excluding carboxylic acids is 4. The van der Waals surface area contributed by atoms with Crippen LogP contribution in [0, 0.1) is 5.92 Å². The number of aromatic amines is 1. The molecule has 172 valence electrons. The topological polar surface area (TPSA) is 177 Å². The van der Waals surface area contributed by atoms with E-state index in [1.807, 2.05) is 0 Å². The largest absolute Gasteiger partial charge is 0.364 e. The average Bonchev–Trinajstić information content (AvgIpc) is 3.50. The van der Waals surface area contributed by atoms with Crippen LogP contribution >= 0.6 is 0 Å². The number of primary amides is 1. The van der Waals surface area contributed by atoms with E-state index in [0.29, 0.717) is 34.7 Å². The number of H-pyrrole nitrogens is 1. The summed E-state index contributed by atoms with van der Waals surface area (Å²) in [5.41, 5.74) is 6.44. The first-order valence-corrected chi connectivity index (χ1v) is 10.5. The number of nitrogens with two attached hydrogens (primary N) is 1. The van der Waals surface area contributed by atoms with E-state index in [0.717, 1.165) is 25.5 Å². The van der Waals surface area contributed by atoms with Gasteiger partial charge in [0.1, 0.15) is 18.6 Å². The van der Waals surface area contributed by atoms with Gasteiger partial charge in [-0.15, -0.1) is 0 Å². The van der Waals surface area contributed by atoms with Gasteiger partial charge in [-0.3, -0.25) is 19.6 Å². The van der Waals surface area contributed by atoms with Crippen LogP contribution in [0.4, 0.5) is 16.3 Å². The standard InChI is InChI=1S/C21H24N8O4/c22-20(32)19-15-8-14(26-21(33)27-17-9-23-11-24-17)3-4-16(15)29(28-19)10-18(31)25-13-2-1-12(7-13)5-6-30/h3-4,6,8-9,11-13H,1-2,5,7,10H2,(H2,22,32)(H,23,24)(H,25,31)(H2,26,27,33). The van der Waals surface area contributed by atoms with E-state index in [-0.39, 0.29) is 24.2 Å². The van der Waals surface area contributed by atoms with Crippen molar-refractivity contribution < 1.29 is 19.2 Å². The Balaban J connectivity index is 1.47. The van der Waals surface area contributed by atoms with Crippen LogP contribution in [0.15, 0.2) is 30.7 Å². The van der Waals surface area contributed by atoms with Gasteiger partial charge in [0.15, 0.2) is 5.69 Å². The van der Waals surface area contributed by atoms with E-state index in [4.69, 9.17) is 5.73 Å². The fraction of sp³-hybridized carbons (Fsp3) is 0.333. The van der Waals surface area contributed by atoms with Crippen molar-refractivity contribution in [1.82, 2.24) is 25.1 Å². The van der Waals surface area contributed by atoms with E-state index >= 15 is 0 Å². The number of carbonyl (C=O) groups is 4. The Kier molecular flexibility index (Phi) is 6.33. The molecule has 0 bridgehead atoms. The summed E-state index contributed by atoms with van der Waals surface area (Å²) in [5.74, 6) is -0.264. The Labute approximate surface area is 188 Å². The number of anilines is 2. The summed E-state index contributed by atoms with van der Waals surface area (Å²) in [4.78, 5) is 54.0. The lowest BCUT2D eigenvalue weighted by Gasteiger charge is -2.13. The summed E-state index contributed by atoms with van der Waals surface area (Å²) in [7, 11) is 0. The van der Waals surface area contributed by atoms with Crippen LogP contribution in [0.25, 0.3) is 10.9 Å². The molecule has 6 N–H and O–H groups in total. The van der Waals surface area contributed by atoms with E-state index in [1.165, 1.54) is 17.2 Å². The molecule has 2 aromatic heterocycles. The molecule has 12 heteroatoms. The molecule has 0 spiro atoms. The summed E-state index contributed by atoms with van der Waals surface area (Å²) in [5, 5.41) is 12.9. The maximum atomic E-state index is 12.6. The van der Waals surface area contributed by atoms with Crippen LogP contribution in [0.5, 0.6) is 0 Å². The highest BCUT2D eigenvalue weighted by Crippen LogP contribution is 2.27. The molecule has 12 nitrogen and oxygen atoms in total. The van der Waals surface area contributed by atoms with Crippen LogP contribution in [0.1, 0.15) is 36.2 Å². The molecular weight excluding hydrogens is 428 g/mol. The van der Waals surface area contributed by atoms with Gasteiger partial charge in [-0.25, -0.2) is 9.78 Å². The maximum Gasteiger partial charge on any atom is 0.324 e. The van der Waals surface area contributed by atoms with Crippen molar-refractivity contribution in [2.45, 2.75) is 38.3 Å². The Morgan fingerprint density at radius 3 is 2.82 bits per heavy atom. The molecule has 2 unspecified atom stereocenters. The number of hydrogen-bond donors (Lipinski definition) is 5. The SMILES string of the molecule is NC(=O)c1nn(CC(=O)NC2CCC(CC=O)C2)c2ccc(NC(=O)Nc3cnc[nH]3)cc12. The first-order chi connectivity index (χ1) is 15.9. The molecule has 0 saturated heterocycles. The van der Waals surface area contributed by atoms with Crippen LogP contribution in [-0.4, -0.2) is 49.9 Å². The lowest BCUT2D eigenvalue weighted by atomic mass is 10.1. The lowest BCUT2D eigenvalue weighted by molar-refractivity contribution is -0.122. The molecule has 1 aliphatic rings. The van der Waals surface area contributed by atoms with Gasteiger partial charge >= 0.3 is 6.03 Å². The third-order valence-electron chi connectivity index (χ3n) is 5.62. The summed E-state index contributed by atoms with van der Waals surface area (Å²) < 4.78 is 1.41. The number of imidazole rings is 1. The number of hydrogen-bond acceptors (Lipinski definition) is 6. The Hall–Kier alpha value is -4.22. The van der Waals surface area contributed by atoms with Gasteiger partial charge in [0, 0.05) is 23.5 Å². The second-order valence-corrected chi connectivity index (χ2v) is 7.99. The number of aromatic nitrogens is 4. The van der Waals surface area contributed by atoms with Crippen molar-refractivity contribution in [2.75, 3.05) is 10.6 Å². The summed E-state index contributed by atoms with van der Waals surface area (Å²) >= 11 is 0. The quantitative estimate of drug-likeness (QED) is 0.322. The smallest absolute Gasteiger partial charge is 0.324 e. The fourth-order valence-electron chi connectivity index (χ4n) is 4.13. The van der Waals surface area contributed by atoms with Crippen molar-refractivity contribution in [3.05, 3.63) is 36.4 Å².